The maximum Gasteiger partial charge on any atom is 0.130 e. The number of aromatic nitrogens is 3. The minimum atomic E-state index is 0.630. The highest BCUT2D eigenvalue weighted by Crippen LogP contribution is 2.26. The second-order valence-electron chi connectivity index (χ2n) is 5.61. The average Bonchev–Trinajstić information content (AvgIpc) is 2.99. The van der Waals surface area contributed by atoms with Crippen molar-refractivity contribution in [3.63, 3.8) is 0 Å². The fourth-order valence-electron chi connectivity index (χ4n) is 2.25. The Morgan fingerprint density at radius 3 is 2.91 bits per heavy atom. The van der Waals surface area contributed by atoms with E-state index in [0.717, 1.165) is 41.4 Å². The topological polar surface area (TPSA) is 50.7 Å². The van der Waals surface area contributed by atoms with E-state index in [-0.39, 0.29) is 0 Å². The summed E-state index contributed by atoms with van der Waals surface area (Å²) in [4.78, 5) is 13.4. The highest BCUT2D eigenvalue weighted by atomic mass is 32.1. The van der Waals surface area contributed by atoms with Gasteiger partial charge in [-0.05, 0) is 25.0 Å². The van der Waals surface area contributed by atoms with Crippen LogP contribution in [0.3, 0.4) is 0 Å². The standard InChI is InChI=1S/C17H20N4S/c1-4-11(2)9-18-17-8-14(20-12(3)21-17)13-5-6-16-15(7-13)19-10-22-16/h5-8,10-11H,4,9H2,1-3H3,(H,18,20,21). The highest BCUT2D eigenvalue weighted by molar-refractivity contribution is 7.16. The zero-order valence-electron chi connectivity index (χ0n) is 13.1. The smallest absolute Gasteiger partial charge is 0.130 e. The van der Waals surface area contributed by atoms with E-state index in [2.05, 4.69) is 52.3 Å². The molecule has 2 aromatic heterocycles. The number of thiazole rings is 1. The summed E-state index contributed by atoms with van der Waals surface area (Å²) >= 11 is 1.66. The first kappa shape index (κ1) is 14.9. The Balaban J connectivity index is 1.90. The number of nitrogens with zero attached hydrogens (tertiary/aromatic N) is 3. The Hall–Kier alpha value is -2.01. The van der Waals surface area contributed by atoms with Crippen LogP contribution in [0.5, 0.6) is 0 Å². The van der Waals surface area contributed by atoms with E-state index in [1.807, 2.05) is 18.5 Å². The molecule has 5 heteroatoms. The van der Waals surface area contributed by atoms with Crippen molar-refractivity contribution in [3.05, 3.63) is 35.6 Å². The van der Waals surface area contributed by atoms with Crippen molar-refractivity contribution in [2.24, 2.45) is 5.92 Å². The first-order valence-corrected chi connectivity index (χ1v) is 8.47. The van der Waals surface area contributed by atoms with E-state index in [4.69, 9.17) is 0 Å². The minimum Gasteiger partial charge on any atom is -0.370 e. The van der Waals surface area contributed by atoms with Crippen LogP contribution in [0.1, 0.15) is 26.1 Å². The van der Waals surface area contributed by atoms with Gasteiger partial charge in [0.15, 0.2) is 0 Å². The van der Waals surface area contributed by atoms with Gasteiger partial charge in [-0.15, -0.1) is 11.3 Å². The van der Waals surface area contributed by atoms with Crippen molar-refractivity contribution in [2.75, 3.05) is 11.9 Å². The summed E-state index contributed by atoms with van der Waals surface area (Å²) in [6.45, 7) is 7.29. The van der Waals surface area contributed by atoms with E-state index in [1.165, 1.54) is 4.70 Å². The summed E-state index contributed by atoms with van der Waals surface area (Å²) in [5.41, 5.74) is 4.91. The average molecular weight is 312 g/mol. The van der Waals surface area contributed by atoms with E-state index in [0.29, 0.717) is 5.92 Å². The molecule has 114 valence electrons. The Labute approximate surface area is 134 Å². The zero-order valence-corrected chi connectivity index (χ0v) is 13.9. The molecule has 0 aliphatic rings. The quantitative estimate of drug-likeness (QED) is 0.752. The lowest BCUT2D eigenvalue weighted by atomic mass is 10.1. The third kappa shape index (κ3) is 3.25. The van der Waals surface area contributed by atoms with Crippen LogP contribution in [0, 0.1) is 12.8 Å². The Morgan fingerprint density at radius 2 is 2.09 bits per heavy atom. The molecule has 0 amide bonds. The van der Waals surface area contributed by atoms with Crippen LogP contribution in [-0.4, -0.2) is 21.5 Å². The molecule has 0 bridgehead atoms. The molecule has 0 saturated carbocycles. The summed E-state index contributed by atoms with van der Waals surface area (Å²) in [5.74, 6) is 2.30. The first-order valence-electron chi connectivity index (χ1n) is 7.59. The number of rotatable bonds is 5. The molecule has 0 radical (unpaired) electrons. The predicted octanol–water partition coefficient (Wildman–Crippen LogP) is 4.52. The largest absolute Gasteiger partial charge is 0.370 e. The van der Waals surface area contributed by atoms with Gasteiger partial charge in [0.2, 0.25) is 0 Å². The van der Waals surface area contributed by atoms with Crippen molar-refractivity contribution in [2.45, 2.75) is 27.2 Å². The van der Waals surface area contributed by atoms with E-state index < -0.39 is 0 Å². The molecular weight excluding hydrogens is 292 g/mol. The monoisotopic (exact) mass is 312 g/mol. The van der Waals surface area contributed by atoms with Crippen LogP contribution in [0.25, 0.3) is 21.5 Å². The van der Waals surface area contributed by atoms with Gasteiger partial charge >= 0.3 is 0 Å². The van der Waals surface area contributed by atoms with Gasteiger partial charge in [0.05, 0.1) is 21.4 Å². The molecular formula is C17H20N4S. The first-order chi connectivity index (χ1) is 10.7. The molecule has 0 fully saturated rings. The van der Waals surface area contributed by atoms with Gasteiger partial charge in [0, 0.05) is 18.2 Å². The van der Waals surface area contributed by atoms with Crippen LogP contribution in [0.4, 0.5) is 5.82 Å². The van der Waals surface area contributed by atoms with Gasteiger partial charge in [-0.25, -0.2) is 15.0 Å². The van der Waals surface area contributed by atoms with Crippen LogP contribution in [0.15, 0.2) is 29.8 Å². The third-order valence-electron chi connectivity index (χ3n) is 3.79. The van der Waals surface area contributed by atoms with E-state index in [9.17, 15) is 0 Å². The number of nitrogens with one attached hydrogen (secondary N) is 1. The number of benzene rings is 1. The van der Waals surface area contributed by atoms with Crippen molar-refractivity contribution < 1.29 is 0 Å². The maximum absolute atomic E-state index is 4.57. The number of hydrogen-bond donors (Lipinski definition) is 1. The molecule has 0 aliphatic heterocycles. The molecule has 0 spiro atoms. The predicted molar refractivity (Wildman–Crippen MR) is 93.3 cm³/mol. The number of anilines is 1. The number of fused-ring (bicyclic) bond motifs is 1. The van der Waals surface area contributed by atoms with Crippen molar-refractivity contribution in [1.29, 1.82) is 0 Å². The van der Waals surface area contributed by atoms with Gasteiger partial charge < -0.3 is 5.32 Å². The van der Waals surface area contributed by atoms with Gasteiger partial charge in [-0.3, -0.25) is 0 Å². The van der Waals surface area contributed by atoms with Gasteiger partial charge in [0.1, 0.15) is 11.6 Å². The summed E-state index contributed by atoms with van der Waals surface area (Å²) in [5, 5.41) is 3.41. The summed E-state index contributed by atoms with van der Waals surface area (Å²) < 4.78 is 1.20. The molecule has 22 heavy (non-hydrogen) atoms. The molecule has 0 saturated heterocycles. The Kier molecular flexibility index (Phi) is 4.34. The molecule has 2 heterocycles. The van der Waals surface area contributed by atoms with Crippen LogP contribution in [-0.2, 0) is 0 Å². The molecule has 3 rings (SSSR count). The van der Waals surface area contributed by atoms with Crippen molar-refractivity contribution >= 4 is 27.4 Å². The summed E-state index contributed by atoms with van der Waals surface area (Å²) in [7, 11) is 0. The fourth-order valence-corrected chi connectivity index (χ4v) is 2.91. The van der Waals surface area contributed by atoms with Gasteiger partial charge in [0.25, 0.3) is 0 Å². The third-order valence-corrected chi connectivity index (χ3v) is 4.60. The van der Waals surface area contributed by atoms with Crippen LogP contribution in [0.2, 0.25) is 0 Å². The second-order valence-corrected chi connectivity index (χ2v) is 6.50. The second kappa shape index (κ2) is 6.40. The normalized spacial score (nSPS) is 12.5. The van der Waals surface area contributed by atoms with Crippen LogP contribution >= 0.6 is 11.3 Å². The fraction of sp³-hybridized carbons (Fsp3) is 0.353. The van der Waals surface area contributed by atoms with E-state index >= 15 is 0 Å². The number of hydrogen-bond acceptors (Lipinski definition) is 5. The highest BCUT2D eigenvalue weighted by Gasteiger charge is 2.07. The zero-order chi connectivity index (χ0) is 15.5. The molecule has 4 nitrogen and oxygen atoms in total. The summed E-state index contributed by atoms with van der Waals surface area (Å²) in [6, 6.07) is 8.31. The lowest BCUT2D eigenvalue weighted by molar-refractivity contribution is 0.592. The minimum absolute atomic E-state index is 0.630. The molecule has 3 aromatic rings. The number of aryl methyl sites for hydroxylation is 1. The van der Waals surface area contributed by atoms with Crippen LogP contribution < -0.4 is 5.32 Å². The SMILES string of the molecule is CCC(C)CNc1cc(-c2ccc3scnc3c2)nc(C)n1. The molecule has 1 aromatic carbocycles. The summed E-state index contributed by atoms with van der Waals surface area (Å²) in [6.07, 6.45) is 1.16. The lowest BCUT2D eigenvalue weighted by Crippen LogP contribution is -2.12. The van der Waals surface area contributed by atoms with Gasteiger partial charge in [-0.2, -0.15) is 0 Å². The van der Waals surface area contributed by atoms with E-state index in [1.54, 1.807) is 11.3 Å². The van der Waals surface area contributed by atoms with Crippen molar-refractivity contribution in [1.82, 2.24) is 15.0 Å². The maximum atomic E-state index is 4.57. The molecule has 1 N–H and O–H groups in total. The Bertz CT molecular complexity index is 781. The molecule has 1 unspecified atom stereocenters. The molecule has 0 aliphatic carbocycles. The van der Waals surface area contributed by atoms with Gasteiger partial charge in [-0.1, -0.05) is 26.3 Å². The lowest BCUT2D eigenvalue weighted by Gasteiger charge is -2.12. The Morgan fingerprint density at radius 1 is 1.23 bits per heavy atom. The van der Waals surface area contributed by atoms with Crippen molar-refractivity contribution in [3.8, 4) is 11.3 Å². The molecule has 1 atom stereocenters.